The Morgan fingerprint density at radius 2 is 2.21 bits per heavy atom. The van der Waals surface area contributed by atoms with Crippen LogP contribution in [0.25, 0.3) is 0 Å². The van der Waals surface area contributed by atoms with E-state index in [-0.39, 0.29) is 17.7 Å². The van der Waals surface area contributed by atoms with E-state index in [1.807, 2.05) is 31.2 Å². The second kappa shape index (κ2) is 9.83. The molecule has 0 spiro atoms. The molecule has 1 aromatic heterocycles. The summed E-state index contributed by atoms with van der Waals surface area (Å²) in [5, 5.41) is 15.5. The fourth-order valence-electron chi connectivity index (χ4n) is 1.91. The predicted octanol–water partition coefficient (Wildman–Crippen LogP) is 3.22. The number of rotatable bonds is 9. The molecule has 1 unspecified atom stereocenters. The number of carbonyl (C=O) groups excluding carboxylic acids is 1. The molecule has 24 heavy (non-hydrogen) atoms. The Morgan fingerprint density at radius 3 is 2.96 bits per heavy atom. The van der Waals surface area contributed by atoms with Crippen LogP contribution < -0.4 is 10.6 Å². The van der Waals surface area contributed by atoms with Gasteiger partial charge in [0.15, 0.2) is 4.34 Å². The molecule has 2 aromatic rings. The molecule has 0 saturated carbocycles. The monoisotopic (exact) mass is 386 g/mol. The van der Waals surface area contributed by atoms with Crippen molar-refractivity contribution in [2.24, 2.45) is 0 Å². The molecule has 0 bridgehead atoms. The molecule has 0 aliphatic heterocycles. The summed E-state index contributed by atoms with van der Waals surface area (Å²) in [6.07, 6.45) is 0. The first-order chi connectivity index (χ1) is 11.6. The Hall–Kier alpha value is -1.35. The van der Waals surface area contributed by atoms with Crippen molar-refractivity contribution in [2.75, 3.05) is 31.3 Å². The summed E-state index contributed by atoms with van der Waals surface area (Å²) in [4.78, 5) is 12.1. The summed E-state index contributed by atoms with van der Waals surface area (Å²) in [6, 6.07) is 7.34. The Kier molecular flexibility index (Phi) is 7.77. The van der Waals surface area contributed by atoms with Crippen molar-refractivity contribution >= 4 is 45.7 Å². The summed E-state index contributed by atoms with van der Waals surface area (Å²) in [6.45, 7) is 3.18. The number of nitrogens with one attached hydrogen (secondary N) is 2. The van der Waals surface area contributed by atoms with Crippen molar-refractivity contribution in [1.29, 1.82) is 0 Å². The standard InChI is InChI=1S/C15H19ClN4O2S2/c1-10(11-5-3-4-6-12(11)16)18-13(21)9-23-15-20-19-14(24-15)17-7-8-22-2/h3-6,10H,7-9H2,1-2H3,(H,17,19)(H,18,21). The van der Waals surface area contributed by atoms with Gasteiger partial charge in [0, 0.05) is 18.7 Å². The maximum Gasteiger partial charge on any atom is 0.230 e. The molecule has 0 fully saturated rings. The molecular weight excluding hydrogens is 368 g/mol. The summed E-state index contributed by atoms with van der Waals surface area (Å²) >= 11 is 8.92. The third-order valence-electron chi connectivity index (χ3n) is 3.06. The normalized spacial score (nSPS) is 12.0. The Bertz CT molecular complexity index is 668. The van der Waals surface area contributed by atoms with Crippen LogP contribution in [0.2, 0.25) is 5.02 Å². The van der Waals surface area contributed by atoms with E-state index in [1.165, 1.54) is 23.1 Å². The lowest BCUT2D eigenvalue weighted by Crippen LogP contribution is -2.28. The first-order valence-electron chi connectivity index (χ1n) is 7.33. The maximum absolute atomic E-state index is 12.1. The number of amides is 1. The van der Waals surface area contributed by atoms with Crippen LogP contribution in [0.1, 0.15) is 18.5 Å². The van der Waals surface area contributed by atoms with Gasteiger partial charge in [0.2, 0.25) is 11.0 Å². The molecule has 0 aliphatic carbocycles. The predicted molar refractivity (Wildman–Crippen MR) is 99.0 cm³/mol. The van der Waals surface area contributed by atoms with E-state index in [4.69, 9.17) is 16.3 Å². The second-order valence-electron chi connectivity index (χ2n) is 4.89. The molecule has 2 N–H and O–H groups in total. The van der Waals surface area contributed by atoms with Gasteiger partial charge in [0.05, 0.1) is 18.4 Å². The fraction of sp³-hybridized carbons (Fsp3) is 0.400. The Balaban J connectivity index is 1.78. The van der Waals surface area contributed by atoms with Gasteiger partial charge in [-0.05, 0) is 18.6 Å². The Morgan fingerprint density at radius 1 is 1.42 bits per heavy atom. The largest absolute Gasteiger partial charge is 0.383 e. The van der Waals surface area contributed by atoms with E-state index in [2.05, 4.69) is 20.8 Å². The smallest absolute Gasteiger partial charge is 0.230 e. The van der Waals surface area contributed by atoms with Crippen molar-refractivity contribution in [3.63, 3.8) is 0 Å². The Labute approximate surface area is 154 Å². The van der Waals surface area contributed by atoms with Crippen molar-refractivity contribution < 1.29 is 9.53 Å². The van der Waals surface area contributed by atoms with E-state index in [9.17, 15) is 4.79 Å². The number of aromatic nitrogens is 2. The molecule has 6 nitrogen and oxygen atoms in total. The van der Waals surface area contributed by atoms with E-state index in [0.717, 1.165) is 15.0 Å². The lowest BCUT2D eigenvalue weighted by atomic mass is 10.1. The van der Waals surface area contributed by atoms with Gasteiger partial charge in [-0.3, -0.25) is 4.79 Å². The summed E-state index contributed by atoms with van der Waals surface area (Å²) in [7, 11) is 1.64. The molecule has 1 heterocycles. The van der Waals surface area contributed by atoms with Gasteiger partial charge in [-0.25, -0.2) is 0 Å². The van der Waals surface area contributed by atoms with Crippen LogP contribution in [0.5, 0.6) is 0 Å². The molecule has 0 aliphatic rings. The van der Waals surface area contributed by atoms with Crippen LogP contribution in [-0.4, -0.2) is 42.1 Å². The summed E-state index contributed by atoms with van der Waals surface area (Å²) < 4.78 is 5.70. The molecular formula is C15H19ClN4O2S2. The highest BCUT2D eigenvalue weighted by Gasteiger charge is 2.13. The lowest BCUT2D eigenvalue weighted by Gasteiger charge is -2.15. The van der Waals surface area contributed by atoms with Gasteiger partial charge >= 0.3 is 0 Å². The highest BCUT2D eigenvalue weighted by atomic mass is 35.5. The fourth-order valence-corrected chi connectivity index (χ4v) is 3.80. The third-order valence-corrected chi connectivity index (χ3v) is 5.42. The first-order valence-corrected chi connectivity index (χ1v) is 9.51. The maximum atomic E-state index is 12.1. The average Bonchev–Trinajstić information content (AvgIpc) is 3.01. The van der Waals surface area contributed by atoms with Gasteiger partial charge < -0.3 is 15.4 Å². The second-order valence-corrected chi connectivity index (χ2v) is 7.50. The molecule has 0 saturated heterocycles. The number of anilines is 1. The number of halogens is 1. The SMILES string of the molecule is COCCNc1nnc(SCC(=O)NC(C)c2ccccc2Cl)s1. The minimum absolute atomic E-state index is 0.0727. The van der Waals surface area contributed by atoms with Crippen LogP contribution in [0.15, 0.2) is 28.6 Å². The van der Waals surface area contributed by atoms with Gasteiger partial charge in [-0.2, -0.15) is 0 Å². The van der Waals surface area contributed by atoms with E-state index in [1.54, 1.807) is 7.11 Å². The zero-order valence-electron chi connectivity index (χ0n) is 13.4. The molecule has 1 aromatic carbocycles. The lowest BCUT2D eigenvalue weighted by molar-refractivity contribution is -0.119. The van der Waals surface area contributed by atoms with Crippen molar-refractivity contribution in [3.8, 4) is 0 Å². The highest BCUT2D eigenvalue weighted by Crippen LogP contribution is 2.26. The quantitative estimate of drug-likeness (QED) is 0.509. The van der Waals surface area contributed by atoms with Crippen LogP contribution in [0, 0.1) is 0 Å². The van der Waals surface area contributed by atoms with Crippen molar-refractivity contribution in [3.05, 3.63) is 34.9 Å². The van der Waals surface area contributed by atoms with Gasteiger partial charge in [-0.1, -0.05) is 52.9 Å². The van der Waals surface area contributed by atoms with Gasteiger partial charge in [0.25, 0.3) is 0 Å². The minimum atomic E-state index is -0.146. The molecule has 0 radical (unpaired) electrons. The van der Waals surface area contributed by atoms with Crippen LogP contribution in [0.4, 0.5) is 5.13 Å². The minimum Gasteiger partial charge on any atom is -0.383 e. The number of methoxy groups -OCH3 is 1. The van der Waals surface area contributed by atoms with E-state index in [0.29, 0.717) is 18.2 Å². The van der Waals surface area contributed by atoms with Gasteiger partial charge in [-0.15, -0.1) is 10.2 Å². The van der Waals surface area contributed by atoms with E-state index < -0.39 is 0 Å². The van der Waals surface area contributed by atoms with E-state index >= 15 is 0 Å². The van der Waals surface area contributed by atoms with Crippen molar-refractivity contribution in [1.82, 2.24) is 15.5 Å². The van der Waals surface area contributed by atoms with Crippen LogP contribution in [-0.2, 0) is 9.53 Å². The molecule has 1 atom stereocenters. The summed E-state index contributed by atoms with van der Waals surface area (Å²) in [5.74, 6) is 0.207. The average molecular weight is 387 g/mol. The number of hydrogen-bond donors (Lipinski definition) is 2. The highest BCUT2D eigenvalue weighted by molar-refractivity contribution is 8.01. The zero-order chi connectivity index (χ0) is 17.4. The number of benzene rings is 1. The molecule has 2 rings (SSSR count). The number of ether oxygens (including phenoxy) is 1. The number of nitrogens with zero attached hydrogens (tertiary/aromatic N) is 2. The number of thioether (sulfide) groups is 1. The van der Waals surface area contributed by atoms with Gasteiger partial charge in [0.1, 0.15) is 0 Å². The summed E-state index contributed by atoms with van der Waals surface area (Å²) in [5.41, 5.74) is 0.901. The number of hydrogen-bond acceptors (Lipinski definition) is 7. The van der Waals surface area contributed by atoms with Crippen molar-refractivity contribution in [2.45, 2.75) is 17.3 Å². The van der Waals surface area contributed by atoms with Crippen LogP contribution >= 0.6 is 34.7 Å². The van der Waals surface area contributed by atoms with Crippen LogP contribution in [0.3, 0.4) is 0 Å². The number of carbonyl (C=O) groups is 1. The topological polar surface area (TPSA) is 76.1 Å². The molecule has 1 amide bonds. The third kappa shape index (κ3) is 5.94. The molecule has 130 valence electrons. The molecule has 9 heteroatoms. The zero-order valence-corrected chi connectivity index (χ0v) is 15.8. The first kappa shape index (κ1) is 19.0.